The van der Waals surface area contributed by atoms with Gasteiger partial charge in [0.05, 0.1) is 15.4 Å². The summed E-state index contributed by atoms with van der Waals surface area (Å²) in [5.74, 6) is 0.246. The molecule has 4 aromatic rings. The molecule has 2 aromatic carbocycles. The van der Waals surface area contributed by atoms with Crippen molar-refractivity contribution in [3.05, 3.63) is 90.0 Å². The van der Waals surface area contributed by atoms with E-state index in [-0.39, 0.29) is 22.2 Å². The third-order valence-corrected chi connectivity index (χ3v) is 7.06. The lowest BCUT2D eigenvalue weighted by Gasteiger charge is -2.10. The highest BCUT2D eigenvalue weighted by molar-refractivity contribution is 7.91. The Morgan fingerprint density at radius 3 is 2.24 bits per heavy atom. The van der Waals surface area contributed by atoms with Crippen LogP contribution in [-0.2, 0) is 22.8 Å². The number of aromatic nitrogens is 3. The van der Waals surface area contributed by atoms with Gasteiger partial charge in [-0.1, -0.05) is 24.3 Å². The van der Waals surface area contributed by atoms with Gasteiger partial charge in [0.15, 0.2) is 0 Å². The maximum Gasteiger partial charge on any atom is 0.254 e. The van der Waals surface area contributed by atoms with Crippen molar-refractivity contribution in [3.8, 4) is 0 Å². The van der Waals surface area contributed by atoms with Crippen molar-refractivity contribution in [3.63, 3.8) is 0 Å². The maximum atomic E-state index is 13.0. The first-order chi connectivity index (χ1) is 15.8. The van der Waals surface area contributed by atoms with Crippen LogP contribution in [0.1, 0.15) is 21.5 Å². The summed E-state index contributed by atoms with van der Waals surface area (Å²) in [5.41, 5.74) is 2.29. The number of likely N-dealkylation sites (N-methyl/N-ethyl adjacent to an activating group) is 1. The summed E-state index contributed by atoms with van der Waals surface area (Å²) in [7, 11) is 0.403. The second kappa shape index (κ2) is 9.51. The Morgan fingerprint density at radius 2 is 1.61 bits per heavy atom. The van der Waals surface area contributed by atoms with Gasteiger partial charge in [-0.2, -0.15) is 0 Å². The van der Waals surface area contributed by atoms with Crippen LogP contribution in [0.5, 0.6) is 0 Å². The Kier molecular flexibility index (Phi) is 6.52. The number of fused-ring (bicyclic) bond motifs is 1. The highest BCUT2D eigenvalue weighted by atomic mass is 32.2. The number of amides is 1. The van der Waals surface area contributed by atoms with Gasteiger partial charge in [0, 0.05) is 37.9 Å². The van der Waals surface area contributed by atoms with Crippen LogP contribution in [0.3, 0.4) is 0 Å². The van der Waals surface area contributed by atoms with Crippen molar-refractivity contribution in [2.75, 3.05) is 20.6 Å². The number of imidazole rings is 1. The summed E-state index contributed by atoms with van der Waals surface area (Å²) in [6, 6.07) is 13.6. The third kappa shape index (κ3) is 5.27. The molecule has 0 aliphatic rings. The van der Waals surface area contributed by atoms with Crippen molar-refractivity contribution in [1.82, 2.24) is 24.6 Å². The number of nitrogens with zero attached hydrogens (tertiary/aromatic N) is 4. The molecule has 33 heavy (non-hydrogen) atoms. The fraction of sp³-hybridized carbons (Fsp3) is 0.208. The molecule has 8 nitrogen and oxygen atoms in total. The number of carbonyl (C=O) groups excluding carboxylic acids is 1. The van der Waals surface area contributed by atoms with E-state index < -0.39 is 9.84 Å². The van der Waals surface area contributed by atoms with Crippen molar-refractivity contribution >= 4 is 21.5 Å². The van der Waals surface area contributed by atoms with Gasteiger partial charge in [0.2, 0.25) is 15.6 Å². The molecule has 1 N–H and O–H groups in total. The SMILES string of the molecule is CN(C)CCc1ccc(S(=O)(=O)c2ccc(CNC(=O)c3cnc4nccn4c3)cc2)cc1. The summed E-state index contributed by atoms with van der Waals surface area (Å²) in [6.07, 6.45) is 7.32. The summed E-state index contributed by atoms with van der Waals surface area (Å²) < 4.78 is 27.6. The lowest BCUT2D eigenvalue weighted by Crippen LogP contribution is -2.23. The molecule has 0 aliphatic heterocycles. The molecule has 0 aliphatic carbocycles. The fourth-order valence-corrected chi connectivity index (χ4v) is 4.59. The first kappa shape index (κ1) is 22.6. The van der Waals surface area contributed by atoms with Gasteiger partial charge in [0.25, 0.3) is 5.91 Å². The average Bonchev–Trinajstić information content (AvgIpc) is 3.30. The first-order valence-corrected chi connectivity index (χ1v) is 12.0. The van der Waals surface area contributed by atoms with Gasteiger partial charge in [-0.05, 0) is 55.9 Å². The molecular formula is C24H25N5O3S. The highest BCUT2D eigenvalue weighted by Crippen LogP contribution is 2.22. The van der Waals surface area contributed by atoms with E-state index in [2.05, 4.69) is 20.2 Å². The Balaban J connectivity index is 1.40. The minimum atomic E-state index is -3.61. The molecule has 4 rings (SSSR count). The standard InChI is InChI=1S/C24H25N5O3S/c1-28(2)13-11-18-3-7-21(8-4-18)33(31,32)22-9-5-19(6-10-22)15-26-23(30)20-16-27-24-25-12-14-29(24)17-20/h3-10,12,14,16-17H,11,13,15H2,1-2H3,(H,26,30). The minimum Gasteiger partial charge on any atom is -0.348 e. The van der Waals surface area contributed by atoms with Gasteiger partial charge in [0.1, 0.15) is 0 Å². The summed E-state index contributed by atoms with van der Waals surface area (Å²) >= 11 is 0. The van der Waals surface area contributed by atoms with E-state index in [0.717, 1.165) is 24.1 Å². The van der Waals surface area contributed by atoms with E-state index in [1.54, 1.807) is 59.4 Å². The molecule has 0 spiro atoms. The van der Waals surface area contributed by atoms with Crippen LogP contribution < -0.4 is 5.32 Å². The number of benzene rings is 2. The van der Waals surface area contributed by atoms with E-state index in [9.17, 15) is 13.2 Å². The number of carbonyl (C=O) groups is 1. The molecule has 0 bridgehead atoms. The molecule has 0 radical (unpaired) electrons. The smallest absolute Gasteiger partial charge is 0.254 e. The zero-order chi connectivity index (χ0) is 23.4. The number of hydrogen-bond acceptors (Lipinski definition) is 6. The van der Waals surface area contributed by atoms with Crippen LogP contribution >= 0.6 is 0 Å². The van der Waals surface area contributed by atoms with Crippen LogP contribution in [0.15, 0.2) is 83.1 Å². The highest BCUT2D eigenvalue weighted by Gasteiger charge is 2.17. The lowest BCUT2D eigenvalue weighted by atomic mass is 10.1. The molecule has 0 unspecified atom stereocenters. The van der Waals surface area contributed by atoms with E-state index in [0.29, 0.717) is 11.3 Å². The molecule has 2 heterocycles. The van der Waals surface area contributed by atoms with E-state index in [1.807, 2.05) is 26.2 Å². The van der Waals surface area contributed by atoms with Crippen LogP contribution in [0.4, 0.5) is 0 Å². The fourth-order valence-electron chi connectivity index (χ4n) is 3.33. The van der Waals surface area contributed by atoms with E-state index in [4.69, 9.17) is 0 Å². The van der Waals surface area contributed by atoms with Crippen LogP contribution in [0.2, 0.25) is 0 Å². The maximum absolute atomic E-state index is 13.0. The molecule has 0 fully saturated rings. The molecule has 2 aromatic heterocycles. The van der Waals surface area contributed by atoms with E-state index in [1.165, 1.54) is 6.20 Å². The van der Waals surface area contributed by atoms with Crippen LogP contribution in [0, 0.1) is 0 Å². The summed E-state index contributed by atoms with van der Waals surface area (Å²) in [5, 5.41) is 2.82. The lowest BCUT2D eigenvalue weighted by molar-refractivity contribution is 0.0950. The first-order valence-electron chi connectivity index (χ1n) is 10.5. The second-order valence-electron chi connectivity index (χ2n) is 8.00. The molecule has 1 amide bonds. The van der Waals surface area contributed by atoms with Gasteiger partial charge in [-0.3, -0.25) is 9.20 Å². The topological polar surface area (TPSA) is 96.7 Å². The Labute approximate surface area is 192 Å². The summed E-state index contributed by atoms with van der Waals surface area (Å²) in [4.78, 5) is 23.2. The molecule has 9 heteroatoms. The van der Waals surface area contributed by atoms with Crippen molar-refractivity contribution < 1.29 is 13.2 Å². The Morgan fingerprint density at radius 1 is 0.970 bits per heavy atom. The normalized spacial score (nSPS) is 11.7. The zero-order valence-electron chi connectivity index (χ0n) is 18.5. The summed E-state index contributed by atoms with van der Waals surface area (Å²) in [6.45, 7) is 1.17. The number of nitrogens with one attached hydrogen (secondary N) is 1. The predicted molar refractivity (Wildman–Crippen MR) is 125 cm³/mol. The number of sulfone groups is 1. The van der Waals surface area contributed by atoms with E-state index >= 15 is 0 Å². The van der Waals surface area contributed by atoms with Gasteiger partial charge in [-0.25, -0.2) is 18.4 Å². The second-order valence-corrected chi connectivity index (χ2v) is 9.95. The van der Waals surface area contributed by atoms with Crippen LogP contribution in [-0.4, -0.2) is 54.2 Å². The molecule has 170 valence electrons. The van der Waals surface area contributed by atoms with Crippen molar-refractivity contribution in [2.45, 2.75) is 22.8 Å². The third-order valence-electron chi connectivity index (χ3n) is 5.28. The van der Waals surface area contributed by atoms with Crippen LogP contribution in [0.25, 0.3) is 5.78 Å². The van der Waals surface area contributed by atoms with Crippen molar-refractivity contribution in [1.29, 1.82) is 0 Å². The predicted octanol–water partition coefficient (Wildman–Crippen LogP) is 2.60. The number of hydrogen-bond donors (Lipinski definition) is 1. The Hall–Kier alpha value is -3.56. The van der Waals surface area contributed by atoms with Gasteiger partial charge >= 0.3 is 0 Å². The van der Waals surface area contributed by atoms with Crippen molar-refractivity contribution in [2.24, 2.45) is 0 Å². The molecule has 0 atom stereocenters. The Bertz CT molecular complexity index is 1360. The monoisotopic (exact) mass is 463 g/mol. The molecule has 0 saturated heterocycles. The zero-order valence-corrected chi connectivity index (χ0v) is 19.3. The largest absolute Gasteiger partial charge is 0.348 e. The van der Waals surface area contributed by atoms with Gasteiger partial charge in [-0.15, -0.1) is 0 Å². The minimum absolute atomic E-state index is 0.216. The van der Waals surface area contributed by atoms with Gasteiger partial charge < -0.3 is 10.2 Å². The average molecular weight is 464 g/mol. The molecular weight excluding hydrogens is 438 g/mol. The quantitative estimate of drug-likeness (QED) is 0.432. The number of rotatable bonds is 8. The molecule has 0 saturated carbocycles.